The van der Waals surface area contributed by atoms with Crippen molar-refractivity contribution >= 4 is 5.91 Å². The minimum Gasteiger partial charge on any atom is -0.336 e. The van der Waals surface area contributed by atoms with Crippen molar-refractivity contribution in [2.45, 2.75) is 25.3 Å². The van der Waals surface area contributed by atoms with Gasteiger partial charge in [0.05, 0.1) is 11.8 Å². The van der Waals surface area contributed by atoms with Crippen molar-refractivity contribution in [3.8, 4) is 0 Å². The first-order valence-corrected chi connectivity index (χ1v) is 6.76. The molecule has 0 spiro atoms. The van der Waals surface area contributed by atoms with Crippen molar-refractivity contribution in [3.63, 3.8) is 0 Å². The van der Waals surface area contributed by atoms with Gasteiger partial charge in [-0.2, -0.15) is 5.10 Å². The molecule has 98 valence electrons. The van der Waals surface area contributed by atoms with Gasteiger partial charge >= 0.3 is 0 Å². The van der Waals surface area contributed by atoms with E-state index in [0.29, 0.717) is 5.56 Å². The Hall–Kier alpha value is -1.36. The highest BCUT2D eigenvalue weighted by atomic mass is 16.2. The van der Waals surface area contributed by atoms with Crippen molar-refractivity contribution in [3.05, 3.63) is 18.0 Å². The first kappa shape index (κ1) is 11.7. The lowest BCUT2D eigenvalue weighted by atomic mass is 9.91. The molecule has 1 amide bonds. The lowest BCUT2D eigenvalue weighted by molar-refractivity contribution is 0.0455. The van der Waals surface area contributed by atoms with E-state index in [-0.39, 0.29) is 5.91 Å². The molecule has 18 heavy (non-hydrogen) atoms. The molecule has 2 heterocycles. The number of amides is 1. The Morgan fingerprint density at radius 3 is 2.50 bits per heavy atom. The highest BCUT2D eigenvalue weighted by molar-refractivity contribution is 5.93. The van der Waals surface area contributed by atoms with Gasteiger partial charge in [-0.3, -0.25) is 14.4 Å². The summed E-state index contributed by atoms with van der Waals surface area (Å²) in [5.74, 6) is 0.122. The Morgan fingerprint density at radius 2 is 2.00 bits per heavy atom. The van der Waals surface area contributed by atoms with Crippen LogP contribution in [0, 0.1) is 0 Å². The zero-order valence-corrected chi connectivity index (χ0v) is 10.9. The molecule has 0 bridgehead atoms. The minimum atomic E-state index is 0.122. The summed E-state index contributed by atoms with van der Waals surface area (Å²) < 4.78 is 1.68. The number of aryl methyl sites for hydroxylation is 1. The maximum Gasteiger partial charge on any atom is 0.257 e. The molecule has 3 rings (SSSR count). The van der Waals surface area contributed by atoms with Crippen LogP contribution in [0.2, 0.25) is 0 Å². The van der Waals surface area contributed by atoms with Gasteiger partial charge in [-0.1, -0.05) is 6.42 Å². The molecule has 0 aromatic carbocycles. The van der Waals surface area contributed by atoms with Gasteiger partial charge in [-0.25, -0.2) is 0 Å². The summed E-state index contributed by atoms with van der Waals surface area (Å²) in [6, 6.07) is 0.792. The Labute approximate surface area is 107 Å². The van der Waals surface area contributed by atoms with Crippen LogP contribution in [0.4, 0.5) is 0 Å². The van der Waals surface area contributed by atoms with Gasteiger partial charge < -0.3 is 4.90 Å². The normalized spacial score (nSPS) is 21.9. The lowest BCUT2D eigenvalue weighted by Crippen LogP contribution is -2.53. The maximum atomic E-state index is 12.2. The Morgan fingerprint density at radius 1 is 1.28 bits per heavy atom. The number of carbonyl (C=O) groups excluding carboxylic acids is 1. The van der Waals surface area contributed by atoms with Crippen LogP contribution in [0.1, 0.15) is 29.6 Å². The van der Waals surface area contributed by atoms with Gasteiger partial charge in [-0.05, 0) is 12.8 Å². The van der Waals surface area contributed by atoms with E-state index in [1.807, 2.05) is 11.9 Å². The molecule has 0 unspecified atom stereocenters. The number of carbonyl (C=O) groups is 1. The van der Waals surface area contributed by atoms with Crippen LogP contribution < -0.4 is 0 Å². The monoisotopic (exact) mass is 248 g/mol. The van der Waals surface area contributed by atoms with Gasteiger partial charge in [0.1, 0.15) is 0 Å². The van der Waals surface area contributed by atoms with Gasteiger partial charge in [-0.15, -0.1) is 0 Å². The predicted molar refractivity (Wildman–Crippen MR) is 68.3 cm³/mol. The molecule has 0 atom stereocenters. The van der Waals surface area contributed by atoms with Crippen molar-refractivity contribution < 1.29 is 4.79 Å². The van der Waals surface area contributed by atoms with E-state index in [1.54, 1.807) is 17.1 Å². The number of aromatic nitrogens is 2. The molecule has 1 aliphatic heterocycles. The fourth-order valence-electron chi connectivity index (χ4n) is 2.76. The molecular formula is C13H20N4O. The Kier molecular flexibility index (Phi) is 3.07. The molecule has 2 fully saturated rings. The highest BCUT2D eigenvalue weighted by Gasteiger charge is 2.29. The molecule has 0 N–H and O–H groups in total. The van der Waals surface area contributed by atoms with E-state index in [1.165, 1.54) is 19.3 Å². The summed E-state index contributed by atoms with van der Waals surface area (Å²) in [7, 11) is 1.84. The quantitative estimate of drug-likeness (QED) is 0.775. The molecule has 1 saturated carbocycles. The molecule has 5 nitrogen and oxygen atoms in total. The van der Waals surface area contributed by atoms with E-state index < -0.39 is 0 Å². The zero-order chi connectivity index (χ0) is 12.5. The maximum absolute atomic E-state index is 12.2. The van der Waals surface area contributed by atoms with Crippen molar-refractivity contribution in [2.75, 3.05) is 26.2 Å². The van der Waals surface area contributed by atoms with E-state index in [4.69, 9.17) is 0 Å². The fraction of sp³-hybridized carbons (Fsp3) is 0.692. The summed E-state index contributed by atoms with van der Waals surface area (Å²) in [6.07, 6.45) is 7.51. The molecule has 1 aromatic heterocycles. The summed E-state index contributed by atoms with van der Waals surface area (Å²) in [5, 5.41) is 4.06. The SMILES string of the molecule is Cn1cc(C(=O)N2CCN(C3CCC3)CC2)cn1. The fourth-order valence-corrected chi connectivity index (χ4v) is 2.76. The van der Waals surface area contributed by atoms with Crippen LogP contribution in [0.25, 0.3) is 0 Å². The smallest absolute Gasteiger partial charge is 0.257 e. The number of rotatable bonds is 2. The Balaban J connectivity index is 1.57. The summed E-state index contributed by atoms with van der Waals surface area (Å²) in [4.78, 5) is 16.7. The third kappa shape index (κ3) is 2.14. The standard InChI is InChI=1S/C13H20N4O/c1-15-10-11(9-14-15)13(18)17-7-5-16(6-8-17)12-3-2-4-12/h9-10,12H,2-8H2,1H3. The van der Waals surface area contributed by atoms with Crippen molar-refractivity contribution in [1.29, 1.82) is 0 Å². The van der Waals surface area contributed by atoms with Gasteiger partial charge in [0.2, 0.25) is 0 Å². The van der Waals surface area contributed by atoms with Crippen LogP contribution >= 0.6 is 0 Å². The summed E-state index contributed by atoms with van der Waals surface area (Å²) in [5.41, 5.74) is 0.703. The second kappa shape index (κ2) is 4.72. The topological polar surface area (TPSA) is 41.4 Å². The molecular weight excluding hydrogens is 228 g/mol. The molecule has 0 radical (unpaired) electrons. The highest BCUT2D eigenvalue weighted by Crippen LogP contribution is 2.25. The second-order valence-corrected chi connectivity index (χ2v) is 5.32. The Bertz CT molecular complexity index is 430. The number of hydrogen-bond donors (Lipinski definition) is 0. The van der Waals surface area contributed by atoms with Gasteiger partial charge in [0.25, 0.3) is 5.91 Å². The minimum absolute atomic E-state index is 0.122. The predicted octanol–water partition coefficient (Wildman–Crippen LogP) is 0.730. The lowest BCUT2D eigenvalue weighted by Gasteiger charge is -2.42. The van der Waals surface area contributed by atoms with Gasteiger partial charge in [0.15, 0.2) is 0 Å². The van der Waals surface area contributed by atoms with E-state index in [2.05, 4.69) is 10.00 Å². The first-order valence-electron chi connectivity index (χ1n) is 6.76. The zero-order valence-electron chi connectivity index (χ0n) is 10.9. The summed E-state index contributed by atoms with van der Waals surface area (Å²) in [6.45, 7) is 3.75. The average molecular weight is 248 g/mol. The largest absolute Gasteiger partial charge is 0.336 e. The molecule has 1 aromatic rings. The summed E-state index contributed by atoms with van der Waals surface area (Å²) >= 11 is 0. The van der Waals surface area contributed by atoms with Crippen molar-refractivity contribution in [1.82, 2.24) is 19.6 Å². The van der Waals surface area contributed by atoms with Crippen molar-refractivity contribution in [2.24, 2.45) is 7.05 Å². The number of piperazine rings is 1. The number of nitrogens with zero attached hydrogens (tertiary/aromatic N) is 4. The molecule has 1 aliphatic carbocycles. The second-order valence-electron chi connectivity index (χ2n) is 5.32. The van der Waals surface area contributed by atoms with Gasteiger partial charge in [0, 0.05) is 45.5 Å². The van der Waals surface area contributed by atoms with Crippen LogP contribution in [-0.2, 0) is 7.05 Å². The molecule has 1 saturated heterocycles. The van der Waals surface area contributed by atoms with E-state index in [9.17, 15) is 4.79 Å². The third-order valence-corrected chi connectivity index (χ3v) is 4.14. The van der Waals surface area contributed by atoms with Crippen LogP contribution in [0.5, 0.6) is 0 Å². The number of hydrogen-bond acceptors (Lipinski definition) is 3. The third-order valence-electron chi connectivity index (χ3n) is 4.14. The van der Waals surface area contributed by atoms with Crippen LogP contribution in [-0.4, -0.2) is 57.7 Å². The van der Waals surface area contributed by atoms with Crippen LogP contribution in [0.3, 0.4) is 0 Å². The van der Waals surface area contributed by atoms with E-state index >= 15 is 0 Å². The van der Waals surface area contributed by atoms with Crippen LogP contribution in [0.15, 0.2) is 12.4 Å². The first-order chi connectivity index (χ1) is 8.74. The van der Waals surface area contributed by atoms with E-state index in [0.717, 1.165) is 32.2 Å². The molecule has 2 aliphatic rings. The average Bonchev–Trinajstić information content (AvgIpc) is 2.74. The molecule has 5 heteroatoms.